The van der Waals surface area contributed by atoms with Crippen LogP contribution in [0, 0.1) is 0 Å². The van der Waals surface area contributed by atoms with E-state index in [9.17, 15) is 4.79 Å². The summed E-state index contributed by atoms with van der Waals surface area (Å²) in [6, 6.07) is 7.80. The average Bonchev–Trinajstić information content (AvgIpc) is 2.28. The zero-order chi connectivity index (χ0) is 11.5. The van der Waals surface area contributed by atoms with Gasteiger partial charge in [-0.05, 0) is 12.1 Å². The molecule has 0 aliphatic carbocycles. The highest BCUT2D eigenvalue weighted by Crippen LogP contribution is 2.21. The van der Waals surface area contributed by atoms with E-state index in [0.29, 0.717) is 5.82 Å². The normalized spacial score (nSPS) is 10.4. The second-order valence-corrected chi connectivity index (χ2v) is 3.75. The van der Waals surface area contributed by atoms with Crippen molar-refractivity contribution in [3.8, 4) is 0 Å². The molecule has 0 amide bonds. The predicted octanol–water partition coefficient (Wildman–Crippen LogP) is 1.44. The number of rotatable bonds is 3. The van der Waals surface area contributed by atoms with Crippen LogP contribution in [0.5, 0.6) is 0 Å². The number of carbonyl (C=O) groups excluding carboxylic acids is 1. The molecule has 16 heavy (non-hydrogen) atoms. The Kier molecular flexibility index (Phi) is 2.81. The lowest BCUT2D eigenvalue weighted by molar-refractivity contribution is -0.107. The molecule has 0 spiro atoms. The maximum absolute atomic E-state index is 10.5. The molecule has 0 atom stereocenters. The summed E-state index contributed by atoms with van der Waals surface area (Å²) < 4.78 is 0. The van der Waals surface area contributed by atoms with Crippen LogP contribution >= 0.6 is 0 Å². The Morgan fingerprint density at radius 3 is 2.69 bits per heavy atom. The van der Waals surface area contributed by atoms with E-state index in [1.807, 2.05) is 43.3 Å². The summed E-state index contributed by atoms with van der Waals surface area (Å²) >= 11 is 0. The largest absolute Gasteiger partial charge is 0.362 e. The van der Waals surface area contributed by atoms with Crippen LogP contribution in [0.2, 0.25) is 0 Å². The lowest BCUT2D eigenvalue weighted by Gasteiger charge is -2.14. The molecule has 0 aliphatic rings. The monoisotopic (exact) mass is 215 g/mol. The first-order chi connectivity index (χ1) is 7.72. The minimum absolute atomic E-state index is 0.256. The number of aromatic nitrogens is 2. The lowest BCUT2D eigenvalue weighted by Crippen LogP contribution is -2.13. The first-order valence-corrected chi connectivity index (χ1v) is 5.09. The zero-order valence-corrected chi connectivity index (χ0v) is 9.34. The van der Waals surface area contributed by atoms with Crippen LogP contribution < -0.4 is 4.90 Å². The second-order valence-electron chi connectivity index (χ2n) is 3.75. The van der Waals surface area contributed by atoms with E-state index in [0.717, 1.165) is 23.0 Å². The van der Waals surface area contributed by atoms with Gasteiger partial charge in [0.15, 0.2) is 0 Å². The van der Waals surface area contributed by atoms with Crippen molar-refractivity contribution in [2.75, 3.05) is 19.0 Å². The first kappa shape index (κ1) is 10.5. The Morgan fingerprint density at radius 2 is 2.00 bits per heavy atom. The van der Waals surface area contributed by atoms with Crippen LogP contribution in [-0.2, 0) is 11.2 Å². The third-order valence-electron chi connectivity index (χ3n) is 2.32. The second kappa shape index (κ2) is 4.26. The summed E-state index contributed by atoms with van der Waals surface area (Å²) in [5.41, 5.74) is 0.873. The van der Waals surface area contributed by atoms with Crippen molar-refractivity contribution in [1.82, 2.24) is 9.97 Å². The minimum Gasteiger partial charge on any atom is -0.362 e. The van der Waals surface area contributed by atoms with Crippen molar-refractivity contribution >= 4 is 23.0 Å². The number of hydrogen-bond acceptors (Lipinski definition) is 4. The maximum Gasteiger partial charge on any atom is 0.139 e. The average molecular weight is 215 g/mol. The molecule has 1 aromatic carbocycles. The minimum atomic E-state index is 0.256. The van der Waals surface area contributed by atoms with Crippen LogP contribution in [-0.4, -0.2) is 30.3 Å². The van der Waals surface area contributed by atoms with Crippen molar-refractivity contribution in [3.05, 3.63) is 30.1 Å². The van der Waals surface area contributed by atoms with Gasteiger partial charge in [0, 0.05) is 19.5 Å². The van der Waals surface area contributed by atoms with Crippen LogP contribution in [0.3, 0.4) is 0 Å². The van der Waals surface area contributed by atoms with E-state index < -0.39 is 0 Å². The molecule has 0 saturated carbocycles. The van der Waals surface area contributed by atoms with Crippen molar-refractivity contribution < 1.29 is 4.79 Å². The molecule has 1 aromatic heterocycles. The van der Waals surface area contributed by atoms with E-state index >= 15 is 0 Å². The molecule has 2 rings (SSSR count). The smallest absolute Gasteiger partial charge is 0.139 e. The fourth-order valence-electron chi connectivity index (χ4n) is 1.61. The standard InChI is InChI=1S/C12H13N3O/c1-15(2)12-9-5-3-4-6-10(9)13-11(14-12)7-8-16/h3-6,8H,7H2,1-2H3. The van der Waals surface area contributed by atoms with Gasteiger partial charge in [-0.25, -0.2) is 9.97 Å². The SMILES string of the molecule is CN(C)c1nc(CC=O)nc2ccccc12. The Balaban J connectivity index is 2.68. The van der Waals surface area contributed by atoms with Gasteiger partial charge in [0.1, 0.15) is 17.9 Å². The molecule has 0 saturated heterocycles. The van der Waals surface area contributed by atoms with E-state index in [1.54, 1.807) is 0 Å². The lowest BCUT2D eigenvalue weighted by atomic mass is 10.2. The first-order valence-electron chi connectivity index (χ1n) is 5.09. The molecule has 82 valence electrons. The molecule has 0 unspecified atom stereocenters. The number of para-hydroxylation sites is 1. The molecular weight excluding hydrogens is 202 g/mol. The molecule has 2 aromatic rings. The van der Waals surface area contributed by atoms with Gasteiger partial charge in [0.05, 0.1) is 11.9 Å². The fraction of sp³-hybridized carbons (Fsp3) is 0.250. The predicted molar refractivity (Wildman–Crippen MR) is 63.6 cm³/mol. The summed E-state index contributed by atoms with van der Waals surface area (Å²) in [4.78, 5) is 21.1. The molecule has 4 nitrogen and oxygen atoms in total. The van der Waals surface area contributed by atoms with Crippen molar-refractivity contribution in [3.63, 3.8) is 0 Å². The zero-order valence-electron chi connectivity index (χ0n) is 9.34. The number of hydrogen-bond donors (Lipinski definition) is 0. The Bertz CT molecular complexity index is 523. The van der Waals surface area contributed by atoms with Gasteiger partial charge in [-0.2, -0.15) is 0 Å². The van der Waals surface area contributed by atoms with Crippen LogP contribution in [0.15, 0.2) is 24.3 Å². The third-order valence-corrected chi connectivity index (χ3v) is 2.32. The fourth-order valence-corrected chi connectivity index (χ4v) is 1.61. The Hall–Kier alpha value is -1.97. The molecule has 0 N–H and O–H groups in total. The summed E-state index contributed by atoms with van der Waals surface area (Å²) in [5, 5.41) is 1.00. The molecule has 0 radical (unpaired) electrons. The van der Waals surface area contributed by atoms with Crippen LogP contribution in [0.1, 0.15) is 5.82 Å². The number of aldehydes is 1. The number of anilines is 1. The number of nitrogens with zero attached hydrogens (tertiary/aromatic N) is 3. The summed E-state index contributed by atoms with van der Waals surface area (Å²) in [7, 11) is 3.86. The highest BCUT2D eigenvalue weighted by atomic mass is 16.1. The Labute approximate surface area is 93.9 Å². The quantitative estimate of drug-likeness (QED) is 0.727. The highest BCUT2D eigenvalue weighted by molar-refractivity contribution is 5.89. The molecule has 1 heterocycles. The van der Waals surface area contributed by atoms with E-state index in [1.165, 1.54) is 0 Å². The summed E-state index contributed by atoms with van der Waals surface area (Å²) in [6.45, 7) is 0. The number of carbonyl (C=O) groups is 1. The molecule has 0 fully saturated rings. The number of benzene rings is 1. The van der Waals surface area contributed by atoms with E-state index in [2.05, 4.69) is 9.97 Å². The molecular formula is C12H13N3O. The molecule has 0 aliphatic heterocycles. The van der Waals surface area contributed by atoms with Crippen LogP contribution in [0.4, 0.5) is 5.82 Å². The summed E-state index contributed by atoms with van der Waals surface area (Å²) in [6.07, 6.45) is 1.08. The topological polar surface area (TPSA) is 46.1 Å². The van der Waals surface area contributed by atoms with Gasteiger partial charge < -0.3 is 9.69 Å². The van der Waals surface area contributed by atoms with Crippen LogP contribution in [0.25, 0.3) is 10.9 Å². The molecule has 4 heteroatoms. The van der Waals surface area contributed by atoms with E-state index in [-0.39, 0.29) is 6.42 Å². The van der Waals surface area contributed by atoms with Gasteiger partial charge >= 0.3 is 0 Å². The number of fused-ring (bicyclic) bond motifs is 1. The van der Waals surface area contributed by atoms with Gasteiger partial charge in [-0.1, -0.05) is 12.1 Å². The Morgan fingerprint density at radius 1 is 1.25 bits per heavy atom. The van der Waals surface area contributed by atoms with Crippen molar-refractivity contribution in [2.45, 2.75) is 6.42 Å². The van der Waals surface area contributed by atoms with Crippen molar-refractivity contribution in [1.29, 1.82) is 0 Å². The van der Waals surface area contributed by atoms with Gasteiger partial charge in [0.25, 0.3) is 0 Å². The van der Waals surface area contributed by atoms with Crippen molar-refractivity contribution in [2.24, 2.45) is 0 Å². The molecule has 0 bridgehead atoms. The summed E-state index contributed by atoms with van der Waals surface area (Å²) in [5.74, 6) is 1.42. The third kappa shape index (κ3) is 1.86. The maximum atomic E-state index is 10.5. The van der Waals surface area contributed by atoms with Gasteiger partial charge in [-0.15, -0.1) is 0 Å². The van der Waals surface area contributed by atoms with Gasteiger partial charge in [0.2, 0.25) is 0 Å². The van der Waals surface area contributed by atoms with Gasteiger partial charge in [-0.3, -0.25) is 0 Å². The highest BCUT2D eigenvalue weighted by Gasteiger charge is 2.08. The van der Waals surface area contributed by atoms with E-state index in [4.69, 9.17) is 0 Å².